The minimum absolute atomic E-state index is 0. The quantitative estimate of drug-likeness (QED) is 0.671. The van der Waals surface area contributed by atoms with Crippen molar-refractivity contribution in [2.45, 2.75) is 37.6 Å². The molecule has 1 unspecified atom stereocenters. The third-order valence-corrected chi connectivity index (χ3v) is 5.02. The molecule has 1 aromatic heterocycles. The number of nitrogens with one attached hydrogen (secondary N) is 2. The zero-order chi connectivity index (χ0) is 20.4. The van der Waals surface area contributed by atoms with Crippen LogP contribution in [0.1, 0.15) is 40.6 Å². The fourth-order valence-electron chi connectivity index (χ4n) is 3.32. The summed E-state index contributed by atoms with van der Waals surface area (Å²) in [5.74, 6) is -0.809. The molecule has 3 rings (SSSR count). The standard InChI is InChI=1S/C18H22F3N5O2.ClH/c1-12-15(24-25-26(12)14-7-9-22-10-8-14)16(27)23-11-17(28,18(19,20)21)13-5-3-2-4-6-13;/h2-6,14,22,28H,7-11H2,1H3,(H,23,27);1H. The van der Waals surface area contributed by atoms with Gasteiger partial charge in [-0.1, -0.05) is 35.5 Å². The van der Waals surface area contributed by atoms with E-state index >= 15 is 0 Å². The first-order chi connectivity index (χ1) is 13.2. The van der Waals surface area contributed by atoms with Crippen LogP contribution >= 0.6 is 12.4 Å². The lowest BCUT2D eigenvalue weighted by molar-refractivity contribution is -0.263. The number of aliphatic hydroxyl groups is 1. The Balaban J connectivity index is 0.00000300. The van der Waals surface area contributed by atoms with E-state index in [0.29, 0.717) is 5.69 Å². The van der Waals surface area contributed by atoms with E-state index in [2.05, 4.69) is 20.9 Å². The van der Waals surface area contributed by atoms with E-state index in [9.17, 15) is 23.1 Å². The molecule has 1 fully saturated rings. The Bertz CT molecular complexity index is 825. The molecule has 3 N–H and O–H groups in total. The Kier molecular flexibility index (Phi) is 7.25. The highest BCUT2D eigenvalue weighted by atomic mass is 35.5. The van der Waals surface area contributed by atoms with E-state index in [1.54, 1.807) is 17.7 Å². The maximum atomic E-state index is 13.5. The fourth-order valence-corrected chi connectivity index (χ4v) is 3.32. The zero-order valence-electron chi connectivity index (χ0n) is 15.7. The second-order valence-electron chi connectivity index (χ2n) is 6.86. The van der Waals surface area contributed by atoms with Crippen molar-refractivity contribution in [1.82, 2.24) is 25.6 Å². The molecule has 7 nitrogen and oxygen atoms in total. The number of piperidine rings is 1. The highest BCUT2D eigenvalue weighted by Gasteiger charge is 2.55. The zero-order valence-corrected chi connectivity index (χ0v) is 16.6. The van der Waals surface area contributed by atoms with Gasteiger partial charge < -0.3 is 15.7 Å². The number of hydrogen-bond donors (Lipinski definition) is 3. The highest BCUT2D eigenvalue weighted by molar-refractivity contribution is 5.93. The second-order valence-corrected chi connectivity index (χ2v) is 6.86. The molecule has 0 aliphatic carbocycles. The summed E-state index contributed by atoms with van der Waals surface area (Å²) in [6.45, 7) is 2.27. The fraction of sp³-hybridized carbons (Fsp3) is 0.500. The SMILES string of the molecule is Cc1c(C(=O)NCC(O)(c2ccccc2)C(F)(F)F)nnn1C1CCNCC1.Cl. The summed E-state index contributed by atoms with van der Waals surface area (Å²) in [6, 6.07) is 6.75. The predicted molar refractivity (Wildman–Crippen MR) is 102 cm³/mol. The van der Waals surface area contributed by atoms with E-state index in [0.717, 1.165) is 38.1 Å². The molecule has 1 amide bonds. The number of benzene rings is 1. The number of carbonyl (C=O) groups is 1. The Morgan fingerprint density at radius 3 is 2.48 bits per heavy atom. The molecule has 1 aliphatic heterocycles. The van der Waals surface area contributed by atoms with Gasteiger partial charge in [-0.25, -0.2) is 4.68 Å². The van der Waals surface area contributed by atoms with E-state index in [1.807, 2.05) is 0 Å². The summed E-state index contributed by atoms with van der Waals surface area (Å²) < 4.78 is 42.2. The second kappa shape index (κ2) is 9.10. The third kappa shape index (κ3) is 4.71. The van der Waals surface area contributed by atoms with Crippen molar-refractivity contribution in [3.63, 3.8) is 0 Å². The predicted octanol–water partition coefficient (Wildman–Crippen LogP) is 2.11. The van der Waals surface area contributed by atoms with Gasteiger partial charge in [0.05, 0.1) is 18.3 Å². The van der Waals surface area contributed by atoms with Crippen molar-refractivity contribution in [3.8, 4) is 0 Å². The summed E-state index contributed by atoms with van der Waals surface area (Å²) in [6.07, 6.45) is -3.32. The molecule has 1 saturated heterocycles. The van der Waals surface area contributed by atoms with Crippen molar-refractivity contribution in [1.29, 1.82) is 0 Å². The number of alkyl halides is 3. The summed E-state index contributed by atoms with van der Waals surface area (Å²) in [5, 5.41) is 23.5. The first kappa shape index (κ1) is 23.1. The van der Waals surface area contributed by atoms with Crippen LogP contribution in [0.5, 0.6) is 0 Å². The van der Waals surface area contributed by atoms with Crippen LogP contribution in [0.4, 0.5) is 13.2 Å². The normalized spacial score (nSPS) is 17.3. The molecule has 29 heavy (non-hydrogen) atoms. The molecule has 160 valence electrons. The van der Waals surface area contributed by atoms with Crippen LogP contribution in [0.3, 0.4) is 0 Å². The topological polar surface area (TPSA) is 92.1 Å². The molecule has 1 atom stereocenters. The Hall–Kier alpha value is -2.17. The number of amides is 1. The lowest BCUT2D eigenvalue weighted by Gasteiger charge is -2.31. The maximum absolute atomic E-state index is 13.5. The summed E-state index contributed by atoms with van der Waals surface area (Å²) in [4.78, 5) is 12.4. The smallest absolute Gasteiger partial charge is 0.375 e. The molecule has 2 heterocycles. The maximum Gasteiger partial charge on any atom is 0.423 e. The van der Waals surface area contributed by atoms with Gasteiger partial charge in [0.25, 0.3) is 5.91 Å². The average Bonchev–Trinajstić information content (AvgIpc) is 3.07. The number of aromatic nitrogens is 3. The van der Waals surface area contributed by atoms with E-state index < -0.39 is 24.2 Å². The lowest BCUT2D eigenvalue weighted by atomic mass is 9.93. The van der Waals surface area contributed by atoms with Crippen molar-refractivity contribution in [2.24, 2.45) is 0 Å². The van der Waals surface area contributed by atoms with E-state index in [4.69, 9.17) is 0 Å². The largest absolute Gasteiger partial charge is 0.423 e. The Morgan fingerprint density at radius 2 is 1.90 bits per heavy atom. The monoisotopic (exact) mass is 433 g/mol. The third-order valence-electron chi connectivity index (χ3n) is 5.02. The minimum Gasteiger partial charge on any atom is -0.375 e. The molecule has 11 heteroatoms. The van der Waals surface area contributed by atoms with Gasteiger partial charge in [0.2, 0.25) is 5.60 Å². The average molecular weight is 434 g/mol. The van der Waals surface area contributed by atoms with Crippen LogP contribution in [-0.4, -0.2) is 51.8 Å². The molecule has 1 aliphatic rings. The molecule has 2 aromatic rings. The minimum atomic E-state index is -4.97. The Morgan fingerprint density at radius 1 is 1.28 bits per heavy atom. The van der Waals surface area contributed by atoms with Gasteiger partial charge in [-0.15, -0.1) is 17.5 Å². The lowest BCUT2D eigenvalue weighted by Crippen LogP contribution is -2.51. The Labute approximate surface area is 172 Å². The van der Waals surface area contributed by atoms with Crippen LogP contribution in [0.15, 0.2) is 30.3 Å². The van der Waals surface area contributed by atoms with Crippen LogP contribution in [0.25, 0.3) is 0 Å². The molecule has 1 aromatic carbocycles. The van der Waals surface area contributed by atoms with Gasteiger partial charge in [0.15, 0.2) is 5.69 Å². The van der Waals surface area contributed by atoms with Crippen LogP contribution < -0.4 is 10.6 Å². The van der Waals surface area contributed by atoms with E-state index in [-0.39, 0.29) is 29.7 Å². The molecule has 0 spiro atoms. The van der Waals surface area contributed by atoms with Crippen LogP contribution in [0.2, 0.25) is 0 Å². The molecule has 0 radical (unpaired) electrons. The van der Waals surface area contributed by atoms with Crippen molar-refractivity contribution >= 4 is 18.3 Å². The first-order valence-electron chi connectivity index (χ1n) is 8.99. The molecular weight excluding hydrogens is 411 g/mol. The summed E-state index contributed by atoms with van der Waals surface area (Å²) >= 11 is 0. The summed E-state index contributed by atoms with van der Waals surface area (Å²) in [5.41, 5.74) is -3.11. The summed E-state index contributed by atoms with van der Waals surface area (Å²) in [7, 11) is 0. The van der Waals surface area contributed by atoms with Gasteiger partial charge >= 0.3 is 6.18 Å². The molecule has 0 bridgehead atoms. The molecular formula is C18H23ClF3N5O2. The highest BCUT2D eigenvalue weighted by Crippen LogP contribution is 2.38. The first-order valence-corrected chi connectivity index (χ1v) is 8.99. The van der Waals surface area contributed by atoms with Crippen molar-refractivity contribution in [3.05, 3.63) is 47.3 Å². The van der Waals surface area contributed by atoms with Gasteiger partial charge in [0.1, 0.15) is 0 Å². The number of hydrogen-bond acceptors (Lipinski definition) is 5. The van der Waals surface area contributed by atoms with Gasteiger partial charge in [-0.3, -0.25) is 4.79 Å². The van der Waals surface area contributed by atoms with Crippen molar-refractivity contribution in [2.75, 3.05) is 19.6 Å². The van der Waals surface area contributed by atoms with Crippen LogP contribution in [-0.2, 0) is 5.60 Å². The van der Waals surface area contributed by atoms with Crippen molar-refractivity contribution < 1.29 is 23.1 Å². The number of nitrogens with zero attached hydrogens (tertiary/aromatic N) is 3. The number of rotatable bonds is 5. The number of halogens is 4. The number of carbonyl (C=O) groups excluding carboxylic acids is 1. The molecule has 0 saturated carbocycles. The van der Waals surface area contributed by atoms with Gasteiger partial charge in [-0.05, 0) is 38.4 Å². The van der Waals surface area contributed by atoms with E-state index in [1.165, 1.54) is 12.1 Å². The van der Waals surface area contributed by atoms with Gasteiger partial charge in [0, 0.05) is 0 Å². The van der Waals surface area contributed by atoms with Gasteiger partial charge in [-0.2, -0.15) is 13.2 Å². The van der Waals surface area contributed by atoms with Crippen LogP contribution in [0, 0.1) is 6.92 Å².